The number of rotatable bonds is 4. The van der Waals surface area contributed by atoms with Crippen LogP contribution in [-0.2, 0) is 0 Å². The zero-order chi connectivity index (χ0) is 11.9. The third kappa shape index (κ3) is 1.84. The van der Waals surface area contributed by atoms with Crippen molar-refractivity contribution in [2.45, 2.75) is 69.9 Å². The first-order chi connectivity index (χ1) is 8.31. The summed E-state index contributed by atoms with van der Waals surface area (Å²) in [5.41, 5.74) is 6.60. The Morgan fingerprint density at radius 2 is 1.88 bits per heavy atom. The summed E-state index contributed by atoms with van der Waals surface area (Å²) in [4.78, 5) is 2.88. The van der Waals surface area contributed by atoms with Gasteiger partial charge in [-0.3, -0.25) is 4.90 Å². The molecule has 0 aromatic rings. The van der Waals surface area contributed by atoms with Crippen LogP contribution in [0.5, 0.6) is 0 Å². The van der Waals surface area contributed by atoms with Gasteiger partial charge in [-0.2, -0.15) is 0 Å². The van der Waals surface area contributed by atoms with E-state index in [0.29, 0.717) is 5.54 Å². The number of nitrogens with zero attached hydrogens (tertiary/aromatic N) is 1. The minimum Gasteiger partial charge on any atom is -0.329 e. The second-order valence-corrected chi connectivity index (χ2v) is 6.53. The Kier molecular flexibility index (Phi) is 3.20. The molecule has 0 bridgehead atoms. The van der Waals surface area contributed by atoms with Crippen LogP contribution in [0.4, 0.5) is 0 Å². The molecule has 2 heteroatoms. The Hall–Kier alpha value is -0.0800. The predicted octanol–water partition coefficient (Wildman–Crippen LogP) is 2.77. The lowest BCUT2D eigenvalue weighted by atomic mass is 9.81. The van der Waals surface area contributed by atoms with Crippen LogP contribution in [0.2, 0.25) is 0 Å². The van der Waals surface area contributed by atoms with Crippen LogP contribution in [0.25, 0.3) is 0 Å². The molecule has 2 aliphatic carbocycles. The van der Waals surface area contributed by atoms with Crippen molar-refractivity contribution in [2.24, 2.45) is 17.6 Å². The van der Waals surface area contributed by atoms with Gasteiger partial charge >= 0.3 is 0 Å². The summed E-state index contributed by atoms with van der Waals surface area (Å²) in [7, 11) is 0. The highest BCUT2D eigenvalue weighted by atomic mass is 15.3. The van der Waals surface area contributed by atoms with Crippen molar-refractivity contribution in [3.8, 4) is 0 Å². The number of nitrogens with two attached hydrogens (primary N) is 1. The van der Waals surface area contributed by atoms with Gasteiger partial charge in [-0.15, -0.1) is 0 Å². The van der Waals surface area contributed by atoms with E-state index >= 15 is 0 Å². The summed E-state index contributed by atoms with van der Waals surface area (Å²) in [6.07, 6.45) is 11.4. The van der Waals surface area contributed by atoms with Crippen molar-refractivity contribution >= 4 is 0 Å². The molecule has 2 saturated carbocycles. The molecule has 3 atom stereocenters. The molecule has 3 unspecified atom stereocenters. The fourth-order valence-corrected chi connectivity index (χ4v) is 4.78. The molecule has 1 heterocycles. The molecular weight excluding hydrogens is 208 g/mol. The van der Waals surface area contributed by atoms with Crippen molar-refractivity contribution < 1.29 is 0 Å². The lowest BCUT2D eigenvalue weighted by Crippen LogP contribution is -2.61. The van der Waals surface area contributed by atoms with Crippen LogP contribution in [-0.4, -0.2) is 29.6 Å². The van der Waals surface area contributed by atoms with E-state index < -0.39 is 0 Å². The smallest absolute Gasteiger partial charge is 0.0360 e. The summed E-state index contributed by atoms with van der Waals surface area (Å²) in [5, 5.41) is 0. The van der Waals surface area contributed by atoms with E-state index in [1.54, 1.807) is 0 Å². The summed E-state index contributed by atoms with van der Waals surface area (Å²) < 4.78 is 0. The molecule has 2 nitrogen and oxygen atoms in total. The average Bonchev–Trinajstić information content (AvgIpc) is 3.10. The summed E-state index contributed by atoms with van der Waals surface area (Å²) in [6, 6.07) is 0.882. The largest absolute Gasteiger partial charge is 0.329 e. The normalized spacial score (nSPS) is 37.8. The molecule has 17 heavy (non-hydrogen) atoms. The molecule has 0 amide bonds. The summed E-state index contributed by atoms with van der Waals surface area (Å²) in [6.45, 7) is 4.57. The lowest BCUT2D eigenvalue weighted by molar-refractivity contribution is -0.0128. The molecule has 98 valence electrons. The van der Waals surface area contributed by atoms with Gasteiger partial charge in [0.05, 0.1) is 0 Å². The molecule has 0 aromatic carbocycles. The molecule has 3 rings (SSSR count). The molecule has 2 N–H and O–H groups in total. The molecule has 0 radical (unpaired) electrons. The van der Waals surface area contributed by atoms with E-state index in [1.165, 1.54) is 57.9 Å². The van der Waals surface area contributed by atoms with E-state index in [0.717, 1.165) is 24.4 Å². The van der Waals surface area contributed by atoms with E-state index in [-0.39, 0.29) is 0 Å². The molecular formula is C15H28N2. The molecule has 1 aliphatic heterocycles. The van der Waals surface area contributed by atoms with Crippen molar-refractivity contribution in [1.29, 1.82) is 0 Å². The second kappa shape index (κ2) is 4.55. The molecule has 1 saturated heterocycles. The van der Waals surface area contributed by atoms with Crippen LogP contribution in [0.1, 0.15) is 58.3 Å². The van der Waals surface area contributed by atoms with Crippen molar-refractivity contribution in [3.05, 3.63) is 0 Å². The van der Waals surface area contributed by atoms with Crippen LogP contribution in [0.15, 0.2) is 0 Å². The maximum absolute atomic E-state index is 6.23. The van der Waals surface area contributed by atoms with Gasteiger partial charge in [0.15, 0.2) is 0 Å². The number of piperidine rings is 1. The number of hydrogen-bond donors (Lipinski definition) is 1. The molecule has 0 spiro atoms. The van der Waals surface area contributed by atoms with Gasteiger partial charge in [0.1, 0.15) is 0 Å². The summed E-state index contributed by atoms with van der Waals surface area (Å²) in [5.74, 6) is 1.91. The Bertz CT molecular complexity index is 268. The zero-order valence-corrected chi connectivity index (χ0v) is 11.3. The standard InChI is InChI=1S/C15H28N2/c1-2-15(11-16,13-8-9-13)17-10-4-6-12-5-3-7-14(12)17/h12-14H,2-11,16H2,1H3. The van der Waals surface area contributed by atoms with E-state index in [9.17, 15) is 0 Å². The lowest BCUT2D eigenvalue weighted by Gasteiger charge is -2.51. The van der Waals surface area contributed by atoms with Gasteiger partial charge in [0.2, 0.25) is 0 Å². The maximum atomic E-state index is 6.23. The maximum Gasteiger partial charge on any atom is 0.0360 e. The number of fused-ring (bicyclic) bond motifs is 1. The van der Waals surface area contributed by atoms with Gasteiger partial charge in [-0.25, -0.2) is 0 Å². The van der Waals surface area contributed by atoms with Gasteiger partial charge in [-0.05, 0) is 63.3 Å². The fraction of sp³-hybridized carbons (Fsp3) is 1.00. The van der Waals surface area contributed by atoms with Gasteiger partial charge in [-0.1, -0.05) is 13.3 Å². The Morgan fingerprint density at radius 1 is 1.12 bits per heavy atom. The monoisotopic (exact) mass is 236 g/mol. The van der Waals surface area contributed by atoms with Gasteiger partial charge < -0.3 is 5.73 Å². The topological polar surface area (TPSA) is 29.3 Å². The van der Waals surface area contributed by atoms with Crippen LogP contribution in [0.3, 0.4) is 0 Å². The summed E-state index contributed by atoms with van der Waals surface area (Å²) >= 11 is 0. The van der Waals surface area contributed by atoms with E-state index in [1.807, 2.05) is 0 Å². The number of likely N-dealkylation sites (tertiary alicyclic amines) is 1. The first-order valence-electron chi connectivity index (χ1n) is 7.78. The Morgan fingerprint density at radius 3 is 2.53 bits per heavy atom. The van der Waals surface area contributed by atoms with Crippen molar-refractivity contribution in [3.63, 3.8) is 0 Å². The highest BCUT2D eigenvalue weighted by Crippen LogP contribution is 2.49. The van der Waals surface area contributed by atoms with Crippen LogP contribution < -0.4 is 5.73 Å². The van der Waals surface area contributed by atoms with Crippen molar-refractivity contribution in [2.75, 3.05) is 13.1 Å². The highest BCUT2D eigenvalue weighted by Gasteiger charge is 2.51. The number of hydrogen-bond acceptors (Lipinski definition) is 2. The minimum absolute atomic E-state index is 0.369. The second-order valence-electron chi connectivity index (χ2n) is 6.53. The molecule has 3 aliphatic rings. The molecule has 0 aromatic heterocycles. The quantitative estimate of drug-likeness (QED) is 0.813. The van der Waals surface area contributed by atoms with E-state index in [4.69, 9.17) is 5.73 Å². The minimum atomic E-state index is 0.369. The Labute approximate surface area is 106 Å². The molecule has 3 fully saturated rings. The van der Waals surface area contributed by atoms with Gasteiger partial charge in [0.25, 0.3) is 0 Å². The predicted molar refractivity (Wildman–Crippen MR) is 71.9 cm³/mol. The van der Waals surface area contributed by atoms with Crippen molar-refractivity contribution in [1.82, 2.24) is 4.90 Å². The highest BCUT2D eigenvalue weighted by molar-refractivity contribution is 5.07. The average molecular weight is 236 g/mol. The van der Waals surface area contributed by atoms with Crippen LogP contribution in [0, 0.1) is 11.8 Å². The van der Waals surface area contributed by atoms with Gasteiger partial charge in [0, 0.05) is 18.1 Å². The Balaban J connectivity index is 1.84. The van der Waals surface area contributed by atoms with E-state index in [2.05, 4.69) is 11.8 Å². The van der Waals surface area contributed by atoms with Crippen LogP contribution >= 0.6 is 0 Å². The zero-order valence-electron chi connectivity index (χ0n) is 11.3. The third-order valence-electron chi connectivity index (χ3n) is 5.87. The first kappa shape index (κ1) is 12.0. The third-order valence-corrected chi connectivity index (χ3v) is 5.87. The SMILES string of the molecule is CCC(CN)(C1CC1)N1CCCC2CCCC21. The fourth-order valence-electron chi connectivity index (χ4n) is 4.78. The first-order valence-corrected chi connectivity index (χ1v) is 7.78.